The van der Waals surface area contributed by atoms with Crippen molar-refractivity contribution in [1.29, 1.82) is 0 Å². The topological polar surface area (TPSA) is 105 Å². The van der Waals surface area contributed by atoms with E-state index >= 15 is 0 Å². The molecule has 0 aromatic heterocycles. The monoisotopic (exact) mass is 466 g/mol. The Morgan fingerprint density at radius 1 is 1.09 bits per heavy atom. The maximum absolute atomic E-state index is 13.2. The van der Waals surface area contributed by atoms with Crippen LogP contribution in [0, 0.1) is 5.92 Å². The molecule has 1 unspecified atom stereocenters. The highest BCUT2D eigenvalue weighted by Gasteiger charge is 2.38. The van der Waals surface area contributed by atoms with Gasteiger partial charge in [-0.2, -0.15) is 0 Å². The van der Waals surface area contributed by atoms with Gasteiger partial charge in [0, 0.05) is 25.6 Å². The van der Waals surface area contributed by atoms with Crippen LogP contribution in [0.15, 0.2) is 48.5 Å². The Morgan fingerprint density at radius 3 is 2.29 bits per heavy atom. The van der Waals surface area contributed by atoms with Crippen LogP contribution in [0.25, 0.3) is 11.1 Å². The highest BCUT2D eigenvalue weighted by Crippen LogP contribution is 2.44. The van der Waals surface area contributed by atoms with Crippen molar-refractivity contribution in [3.8, 4) is 11.1 Å². The van der Waals surface area contributed by atoms with Crippen molar-refractivity contribution < 1.29 is 29.0 Å². The van der Waals surface area contributed by atoms with E-state index in [-0.39, 0.29) is 25.0 Å². The number of nitrogens with zero attached hydrogens (tertiary/aromatic N) is 1. The first-order valence-corrected chi connectivity index (χ1v) is 11.6. The summed E-state index contributed by atoms with van der Waals surface area (Å²) in [6.45, 7) is 2.27. The summed E-state index contributed by atoms with van der Waals surface area (Å²) in [5, 5.41) is 12.1. The van der Waals surface area contributed by atoms with Gasteiger partial charge < -0.3 is 24.8 Å². The number of piperidine rings is 1. The number of alkyl carbamates (subject to hydrolysis) is 1. The van der Waals surface area contributed by atoms with Crippen LogP contribution in [0.1, 0.15) is 36.8 Å². The number of carbonyl (C=O) groups is 3. The third-order valence-corrected chi connectivity index (χ3v) is 6.86. The van der Waals surface area contributed by atoms with Gasteiger partial charge >= 0.3 is 12.1 Å². The Kier molecular flexibility index (Phi) is 7.17. The summed E-state index contributed by atoms with van der Waals surface area (Å²) in [7, 11) is 1.44. The van der Waals surface area contributed by atoms with Gasteiger partial charge in [0.1, 0.15) is 12.6 Å². The van der Waals surface area contributed by atoms with Crippen molar-refractivity contribution in [2.45, 2.75) is 37.8 Å². The Labute approximate surface area is 198 Å². The summed E-state index contributed by atoms with van der Waals surface area (Å²) in [4.78, 5) is 38.9. The lowest BCUT2D eigenvalue weighted by Crippen LogP contribution is -2.57. The second-order valence-corrected chi connectivity index (χ2v) is 8.84. The molecule has 8 heteroatoms. The highest BCUT2D eigenvalue weighted by atomic mass is 16.5. The number of amides is 2. The molecule has 1 fully saturated rings. The molecule has 2 N–H and O–H groups in total. The van der Waals surface area contributed by atoms with Crippen LogP contribution < -0.4 is 5.32 Å². The molecule has 8 nitrogen and oxygen atoms in total. The minimum absolute atomic E-state index is 0.0377. The van der Waals surface area contributed by atoms with Gasteiger partial charge in [-0.1, -0.05) is 48.5 Å². The van der Waals surface area contributed by atoms with Crippen LogP contribution in [-0.2, 0) is 19.1 Å². The molecule has 0 bridgehead atoms. The first kappa shape index (κ1) is 23.8. The standard InChI is InChI=1S/C26H30N2O6/c1-16-17(25(30)31)12-7-13-28(16)24(29)23(15-33-2)27-26(32)34-14-22-20-10-5-3-8-18(20)19-9-4-6-11-21(19)22/h3-6,8-11,16-17,22-23H,7,12-15H2,1-2H3,(H,27,32)(H,30,31)/t16-,17-,23?/m1/s1. The predicted octanol–water partition coefficient (Wildman–Crippen LogP) is 3.25. The molecule has 34 heavy (non-hydrogen) atoms. The molecule has 2 aromatic rings. The Balaban J connectivity index is 1.42. The molecule has 4 rings (SSSR count). The smallest absolute Gasteiger partial charge is 0.407 e. The lowest BCUT2D eigenvalue weighted by atomic mass is 9.90. The van der Waals surface area contributed by atoms with E-state index in [9.17, 15) is 19.5 Å². The molecule has 0 saturated carbocycles. The quantitative estimate of drug-likeness (QED) is 0.649. The minimum Gasteiger partial charge on any atom is -0.481 e. The third kappa shape index (κ3) is 4.63. The van der Waals surface area contributed by atoms with Gasteiger partial charge in [0.2, 0.25) is 5.91 Å². The van der Waals surface area contributed by atoms with E-state index in [4.69, 9.17) is 9.47 Å². The number of hydrogen-bond acceptors (Lipinski definition) is 5. The maximum Gasteiger partial charge on any atom is 0.407 e. The zero-order chi connectivity index (χ0) is 24.2. The number of rotatable bonds is 7. The third-order valence-electron chi connectivity index (χ3n) is 6.86. The molecule has 180 valence electrons. The first-order valence-electron chi connectivity index (χ1n) is 11.6. The van der Waals surface area contributed by atoms with Crippen molar-refractivity contribution in [3.63, 3.8) is 0 Å². The minimum atomic E-state index is -0.962. The predicted molar refractivity (Wildman–Crippen MR) is 125 cm³/mol. The molecule has 2 aromatic carbocycles. The van der Waals surface area contributed by atoms with Crippen molar-refractivity contribution >= 4 is 18.0 Å². The van der Waals surface area contributed by atoms with Crippen LogP contribution in [0.2, 0.25) is 0 Å². The second-order valence-electron chi connectivity index (χ2n) is 8.84. The van der Waals surface area contributed by atoms with Crippen molar-refractivity contribution in [1.82, 2.24) is 10.2 Å². The van der Waals surface area contributed by atoms with Crippen molar-refractivity contribution in [2.75, 3.05) is 26.9 Å². The fourth-order valence-corrected chi connectivity index (χ4v) is 5.11. The Bertz CT molecular complexity index is 1030. The number of benzene rings is 2. The highest BCUT2D eigenvalue weighted by molar-refractivity contribution is 5.87. The molecule has 1 heterocycles. The van der Waals surface area contributed by atoms with Crippen LogP contribution in [0.5, 0.6) is 0 Å². The van der Waals surface area contributed by atoms with E-state index in [1.54, 1.807) is 6.92 Å². The van der Waals surface area contributed by atoms with Crippen LogP contribution in [-0.4, -0.2) is 66.9 Å². The molecule has 0 spiro atoms. The zero-order valence-electron chi connectivity index (χ0n) is 19.4. The molecule has 1 aliphatic carbocycles. The summed E-state index contributed by atoms with van der Waals surface area (Å²) >= 11 is 0. The Morgan fingerprint density at radius 2 is 1.71 bits per heavy atom. The summed E-state index contributed by atoms with van der Waals surface area (Å²) in [5.74, 6) is -2.00. The zero-order valence-corrected chi connectivity index (χ0v) is 19.4. The maximum atomic E-state index is 13.2. The lowest BCUT2D eigenvalue weighted by Gasteiger charge is -2.39. The number of likely N-dealkylation sites (tertiary alicyclic amines) is 1. The van der Waals surface area contributed by atoms with E-state index in [0.29, 0.717) is 19.4 Å². The largest absolute Gasteiger partial charge is 0.481 e. The van der Waals surface area contributed by atoms with Gasteiger partial charge in [0.25, 0.3) is 0 Å². The van der Waals surface area contributed by atoms with Gasteiger partial charge in [0.15, 0.2) is 0 Å². The normalized spacial score (nSPS) is 20.2. The summed E-state index contributed by atoms with van der Waals surface area (Å²) < 4.78 is 10.7. The summed E-state index contributed by atoms with van der Waals surface area (Å²) in [6, 6.07) is 14.7. The first-order chi connectivity index (χ1) is 16.4. The Hall–Kier alpha value is -3.39. The number of carbonyl (C=O) groups excluding carboxylic acids is 2. The summed E-state index contributed by atoms with van der Waals surface area (Å²) in [5.41, 5.74) is 4.46. The van der Waals surface area contributed by atoms with Crippen molar-refractivity contribution in [3.05, 3.63) is 59.7 Å². The average molecular weight is 467 g/mol. The van der Waals surface area contributed by atoms with Gasteiger partial charge in [-0.25, -0.2) is 4.79 Å². The molecule has 1 aliphatic heterocycles. The van der Waals surface area contributed by atoms with Gasteiger partial charge in [-0.15, -0.1) is 0 Å². The molecule has 2 aliphatic rings. The van der Waals surface area contributed by atoms with Crippen LogP contribution in [0.3, 0.4) is 0 Å². The van der Waals surface area contributed by atoms with Crippen molar-refractivity contribution in [2.24, 2.45) is 5.92 Å². The molecular formula is C26H30N2O6. The molecule has 0 radical (unpaired) electrons. The number of aliphatic carboxylic acids is 1. The molecule has 3 atom stereocenters. The van der Waals surface area contributed by atoms with Crippen LogP contribution in [0.4, 0.5) is 4.79 Å². The van der Waals surface area contributed by atoms with Gasteiger partial charge in [-0.05, 0) is 42.0 Å². The van der Waals surface area contributed by atoms with E-state index in [2.05, 4.69) is 17.4 Å². The fraction of sp³-hybridized carbons (Fsp3) is 0.423. The SMILES string of the molecule is COCC(NC(=O)OCC1c2ccccc2-c2ccccc21)C(=O)N1CCC[C@@H](C(=O)O)[C@H]1C. The van der Waals surface area contributed by atoms with E-state index in [1.165, 1.54) is 12.0 Å². The van der Waals surface area contributed by atoms with Crippen LogP contribution >= 0.6 is 0 Å². The number of carboxylic acid groups (broad SMARTS) is 1. The molecule has 2 amide bonds. The average Bonchev–Trinajstić information content (AvgIpc) is 3.16. The fourth-order valence-electron chi connectivity index (χ4n) is 5.11. The molecule has 1 saturated heterocycles. The number of carboxylic acids is 1. The number of fused-ring (bicyclic) bond motifs is 3. The van der Waals surface area contributed by atoms with E-state index in [0.717, 1.165) is 22.3 Å². The number of hydrogen-bond donors (Lipinski definition) is 2. The number of ether oxygens (including phenoxy) is 2. The lowest BCUT2D eigenvalue weighted by molar-refractivity contribution is -0.150. The number of methoxy groups -OCH3 is 1. The second kappa shape index (κ2) is 10.3. The number of nitrogens with one attached hydrogen (secondary N) is 1. The van der Waals surface area contributed by atoms with Gasteiger partial charge in [-0.3, -0.25) is 9.59 Å². The summed E-state index contributed by atoms with van der Waals surface area (Å²) in [6.07, 6.45) is 0.406. The van der Waals surface area contributed by atoms with Gasteiger partial charge in [0.05, 0.1) is 12.5 Å². The van der Waals surface area contributed by atoms with E-state index in [1.807, 2.05) is 36.4 Å². The van der Waals surface area contributed by atoms with E-state index < -0.39 is 30.1 Å². The molecular weight excluding hydrogens is 436 g/mol.